The number of alkyl halides is 3. The van der Waals surface area contributed by atoms with Gasteiger partial charge in [0.05, 0.1) is 12.0 Å². The van der Waals surface area contributed by atoms with E-state index >= 15 is 0 Å². The number of hydrogen-bond donors (Lipinski definition) is 2. The Hall–Kier alpha value is -3.81. The predicted molar refractivity (Wildman–Crippen MR) is 131 cm³/mol. The summed E-state index contributed by atoms with van der Waals surface area (Å²) in [5.41, 5.74) is 3.17. The van der Waals surface area contributed by atoms with E-state index < -0.39 is 17.7 Å². The number of benzene rings is 3. The van der Waals surface area contributed by atoms with E-state index in [2.05, 4.69) is 5.32 Å². The molecule has 36 heavy (non-hydrogen) atoms. The molecule has 0 aliphatic heterocycles. The average molecular weight is 500 g/mol. The first-order chi connectivity index (χ1) is 17.1. The number of carbonyl (C=O) groups excluding carboxylic acids is 1. The summed E-state index contributed by atoms with van der Waals surface area (Å²) in [4.78, 5) is 22.7. The van der Waals surface area contributed by atoms with Crippen LogP contribution in [-0.4, -0.2) is 23.5 Å². The van der Waals surface area contributed by atoms with Gasteiger partial charge >= 0.3 is 12.1 Å². The van der Waals surface area contributed by atoms with E-state index in [9.17, 15) is 22.8 Å². The summed E-state index contributed by atoms with van der Waals surface area (Å²) < 4.78 is 44.8. The van der Waals surface area contributed by atoms with Crippen molar-refractivity contribution in [3.63, 3.8) is 0 Å². The summed E-state index contributed by atoms with van der Waals surface area (Å²) in [6, 6.07) is 17.5. The molecule has 3 rings (SSSR count). The number of amides is 1. The second kappa shape index (κ2) is 11.7. The molecule has 0 bridgehead atoms. The van der Waals surface area contributed by atoms with E-state index in [-0.39, 0.29) is 25.0 Å². The third kappa shape index (κ3) is 7.10. The van der Waals surface area contributed by atoms with Crippen LogP contribution in [0.5, 0.6) is 5.75 Å². The van der Waals surface area contributed by atoms with Crippen LogP contribution in [0.3, 0.4) is 0 Å². The molecule has 1 atom stereocenters. The molecule has 0 saturated heterocycles. The number of ether oxygens (including phenoxy) is 1. The molecule has 0 aromatic heterocycles. The first-order valence-electron chi connectivity index (χ1n) is 11.6. The molecule has 2 N–H and O–H groups in total. The van der Waals surface area contributed by atoms with Gasteiger partial charge in [-0.3, -0.25) is 9.59 Å². The molecule has 0 saturated carbocycles. The number of carboxylic acid groups (broad SMARTS) is 1. The third-order valence-corrected chi connectivity index (χ3v) is 5.73. The average Bonchev–Trinajstić information content (AvgIpc) is 2.83. The van der Waals surface area contributed by atoms with Gasteiger partial charge < -0.3 is 15.2 Å². The SMILES string of the molecule is CCC[C@@H](Oc1ccc(C(=O)NCCC(=O)O)cc1)c1ccc(-c2ccc(C(F)(F)F)cc2)cc1C. The van der Waals surface area contributed by atoms with Gasteiger partial charge in [-0.15, -0.1) is 0 Å². The highest BCUT2D eigenvalue weighted by molar-refractivity contribution is 5.94. The van der Waals surface area contributed by atoms with Crippen molar-refractivity contribution in [2.75, 3.05) is 6.54 Å². The van der Waals surface area contributed by atoms with Crippen LogP contribution in [0.15, 0.2) is 66.7 Å². The number of aryl methyl sites for hydroxylation is 1. The van der Waals surface area contributed by atoms with Crippen molar-refractivity contribution >= 4 is 11.9 Å². The van der Waals surface area contributed by atoms with Gasteiger partial charge in [-0.1, -0.05) is 43.7 Å². The predicted octanol–water partition coefficient (Wildman–Crippen LogP) is 6.81. The normalized spacial score (nSPS) is 12.1. The van der Waals surface area contributed by atoms with Crippen molar-refractivity contribution in [1.82, 2.24) is 5.32 Å². The maximum atomic E-state index is 12.9. The monoisotopic (exact) mass is 499 g/mol. The van der Waals surface area contributed by atoms with Gasteiger partial charge in [0, 0.05) is 12.1 Å². The van der Waals surface area contributed by atoms with Crippen LogP contribution >= 0.6 is 0 Å². The highest BCUT2D eigenvalue weighted by atomic mass is 19.4. The van der Waals surface area contributed by atoms with E-state index in [1.807, 2.05) is 32.0 Å². The molecule has 0 aliphatic carbocycles. The molecule has 0 spiro atoms. The maximum Gasteiger partial charge on any atom is 0.416 e. The zero-order valence-corrected chi connectivity index (χ0v) is 20.1. The lowest BCUT2D eigenvalue weighted by molar-refractivity contribution is -0.138. The minimum atomic E-state index is -4.37. The van der Waals surface area contributed by atoms with Crippen molar-refractivity contribution in [1.29, 1.82) is 0 Å². The Morgan fingerprint density at radius 2 is 1.61 bits per heavy atom. The van der Waals surface area contributed by atoms with Gasteiger partial charge in [-0.05, 0) is 72.0 Å². The maximum absolute atomic E-state index is 12.9. The van der Waals surface area contributed by atoms with Crippen LogP contribution in [0.4, 0.5) is 13.2 Å². The second-order valence-corrected chi connectivity index (χ2v) is 8.47. The van der Waals surface area contributed by atoms with E-state index in [4.69, 9.17) is 9.84 Å². The second-order valence-electron chi connectivity index (χ2n) is 8.47. The number of rotatable bonds is 10. The van der Waals surface area contributed by atoms with Crippen molar-refractivity contribution in [3.05, 3.63) is 89.0 Å². The largest absolute Gasteiger partial charge is 0.486 e. The fraction of sp³-hybridized carbons (Fsp3) is 0.286. The lowest BCUT2D eigenvalue weighted by Crippen LogP contribution is -2.25. The van der Waals surface area contributed by atoms with Crippen molar-refractivity contribution < 1.29 is 32.6 Å². The number of aliphatic carboxylic acids is 1. The lowest BCUT2D eigenvalue weighted by atomic mass is 9.95. The molecular weight excluding hydrogens is 471 g/mol. The minimum absolute atomic E-state index is 0.0484. The van der Waals surface area contributed by atoms with E-state index in [0.29, 0.717) is 16.9 Å². The summed E-state index contributed by atoms with van der Waals surface area (Å²) >= 11 is 0. The lowest BCUT2D eigenvalue weighted by Gasteiger charge is -2.22. The topological polar surface area (TPSA) is 75.6 Å². The highest BCUT2D eigenvalue weighted by Crippen LogP contribution is 2.33. The number of carboxylic acids is 1. The number of halogens is 3. The fourth-order valence-electron chi connectivity index (χ4n) is 3.84. The first-order valence-corrected chi connectivity index (χ1v) is 11.6. The molecular formula is C28H28F3NO4. The molecule has 0 heterocycles. The van der Waals surface area contributed by atoms with E-state index in [0.717, 1.165) is 41.7 Å². The van der Waals surface area contributed by atoms with Crippen LogP contribution in [0, 0.1) is 6.92 Å². The number of nitrogens with one attached hydrogen (secondary N) is 1. The Labute approximate surface area is 207 Å². The fourth-order valence-corrected chi connectivity index (χ4v) is 3.84. The zero-order chi connectivity index (χ0) is 26.3. The van der Waals surface area contributed by atoms with Crippen LogP contribution in [0.1, 0.15) is 59.3 Å². The van der Waals surface area contributed by atoms with Crippen LogP contribution in [0.25, 0.3) is 11.1 Å². The number of hydrogen-bond acceptors (Lipinski definition) is 3. The van der Waals surface area contributed by atoms with Gasteiger partial charge in [-0.2, -0.15) is 13.2 Å². The molecule has 1 amide bonds. The third-order valence-electron chi connectivity index (χ3n) is 5.73. The molecule has 3 aromatic carbocycles. The summed E-state index contributed by atoms with van der Waals surface area (Å²) in [5.74, 6) is -0.756. The molecule has 8 heteroatoms. The van der Waals surface area contributed by atoms with Crippen LogP contribution in [0.2, 0.25) is 0 Å². The van der Waals surface area contributed by atoms with Gasteiger partial charge in [0.2, 0.25) is 0 Å². The molecule has 0 unspecified atom stereocenters. The zero-order valence-electron chi connectivity index (χ0n) is 20.1. The Balaban J connectivity index is 1.73. The molecule has 0 radical (unpaired) electrons. The van der Waals surface area contributed by atoms with Crippen molar-refractivity contribution in [2.24, 2.45) is 0 Å². The molecule has 0 aliphatic rings. The van der Waals surface area contributed by atoms with Crippen LogP contribution in [-0.2, 0) is 11.0 Å². The van der Waals surface area contributed by atoms with Gasteiger partial charge in [0.25, 0.3) is 5.91 Å². The first kappa shape index (κ1) is 26.8. The summed E-state index contributed by atoms with van der Waals surface area (Å²) in [5, 5.41) is 11.2. The quantitative estimate of drug-likeness (QED) is 0.322. The van der Waals surface area contributed by atoms with Gasteiger partial charge in [0.15, 0.2) is 0 Å². The summed E-state index contributed by atoms with van der Waals surface area (Å²) in [6.45, 7) is 4.04. The Morgan fingerprint density at radius 1 is 0.972 bits per heavy atom. The molecule has 3 aromatic rings. The standard InChI is InChI=1S/C28H28F3NO4/c1-3-4-25(36-23-12-7-20(8-13-23)27(35)32-16-15-26(33)34)24-14-9-21(17-18(24)2)19-5-10-22(11-6-19)28(29,30)31/h5-14,17,25H,3-4,15-16H2,1-2H3,(H,32,35)(H,33,34)/t25-/m1/s1. The Kier molecular flexibility index (Phi) is 8.74. The molecule has 0 fully saturated rings. The minimum Gasteiger partial charge on any atom is -0.486 e. The van der Waals surface area contributed by atoms with Crippen LogP contribution < -0.4 is 10.1 Å². The van der Waals surface area contributed by atoms with E-state index in [1.54, 1.807) is 24.3 Å². The van der Waals surface area contributed by atoms with Gasteiger partial charge in [-0.25, -0.2) is 0 Å². The Bertz CT molecular complexity index is 1190. The Morgan fingerprint density at radius 3 is 2.17 bits per heavy atom. The van der Waals surface area contributed by atoms with Crippen molar-refractivity contribution in [2.45, 2.75) is 45.4 Å². The van der Waals surface area contributed by atoms with Crippen molar-refractivity contribution in [3.8, 4) is 16.9 Å². The van der Waals surface area contributed by atoms with E-state index in [1.165, 1.54) is 12.1 Å². The molecule has 5 nitrogen and oxygen atoms in total. The smallest absolute Gasteiger partial charge is 0.416 e. The summed E-state index contributed by atoms with van der Waals surface area (Å²) in [6.07, 6.45) is -3.15. The number of carbonyl (C=O) groups is 2. The highest BCUT2D eigenvalue weighted by Gasteiger charge is 2.30. The molecule has 190 valence electrons. The summed E-state index contributed by atoms with van der Waals surface area (Å²) in [7, 11) is 0. The van der Waals surface area contributed by atoms with Gasteiger partial charge in [0.1, 0.15) is 11.9 Å².